The third kappa shape index (κ3) is 3.47. The summed E-state index contributed by atoms with van der Waals surface area (Å²) < 4.78 is 38.5. The van der Waals surface area contributed by atoms with E-state index in [0.717, 1.165) is 17.7 Å². The van der Waals surface area contributed by atoms with Crippen LogP contribution in [0.15, 0.2) is 41.0 Å². The predicted octanol–water partition coefficient (Wildman–Crippen LogP) is 4.91. The quantitative estimate of drug-likeness (QED) is 0.845. The van der Waals surface area contributed by atoms with Crippen LogP contribution in [0.5, 0.6) is 0 Å². The number of halogens is 4. The Bertz CT molecular complexity index is 597. The number of aryl methyl sites for hydroxylation is 1. The molecule has 2 nitrogen and oxygen atoms in total. The molecule has 0 bridgehead atoms. The summed E-state index contributed by atoms with van der Waals surface area (Å²) in [6.07, 6.45) is -2.77. The van der Waals surface area contributed by atoms with Crippen molar-refractivity contribution >= 4 is 27.4 Å². The molecule has 1 heterocycles. The summed E-state index contributed by atoms with van der Waals surface area (Å²) in [5.74, 6) is 0.500. The predicted molar refractivity (Wildman–Crippen MR) is 71.4 cm³/mol. The van der Waals surface area contributed by atoms with Crippen molar-refractivity contribution in [2.45, 2.75) is 13.1 Å². The van der Waals surface area contributed by atoms with Crippen LogP contribution in [0, 0.1) is 6.92 Å². The van der Waals surface area contributed by atoms with E-state index in [9.17, 15) is 13.2 Å². The van der Waals surface area contributed by atoms with Crippen LogP contribution in [0.1, 0.15) is 11.1 Å². The highest BCUT2D eigenvalue weighted by atomic mass is 79.9. The van der Waals surface area contributed by atoms with E-state index in [4.69, 9.17) is 0 Å². The molecule has 2 rings (SSSR count). The number of alkyl halides is 3. The monoisotopic (exact) mass is 330 g/mol. The van der Waals surface area contributed by atoms with Crippen molar-refractivity contribution in [3.05, 3.63) is 52.1 Å². The molecular weight excluding hydrogens is 321 g/mol. The van der Waals surface area contributed by atoms with Gasteiger partial charge in [0.2, 0.25) is 0 Å². The van der Waals surface area contributed by atoms with Crippen LogP contribution in [0.2, 0.25) is 0 Å². The van der Waals surface area contributed by atoms with E-state index in [1.54, 1.807) is 12.3 Å². The number of rotatable bonds is 2. The molecule has 19 heavy (non-hydrogen) atoms. The van der Waals surface area contributed by atoms with Gasteiger partial charge in [0.05, 0.1) is 11.3 Å². The normalized spacial score (nSPS) is 11.4. The summed E-state index contributed by atoms with van der Waals surface area (Å²) in [4.78, 5) is 4.05. The molecule has 0 spiro atoms. The minimum Gasteiger partial charge on any atom is -0.339 e. The topological polar surface area (TPSA) is 24.9 Å². The van der Waals surface area contributed by atoms with E-state index in [1.807, 2.05) is 13.0 Å². The van der Waals surface area contributed by atoms with Crippen molar-refractivity contribution in [2.75, 3.05) is 5.32 Å². The first-order valence-corrected chi connectivity index (χ1v) is 6.22. The Balaban J connectivity index is 2.34. The van der Waals surface area contributed by atoms with E-state index in [-0.39, 0.29) is 0 Å². The molecule has 0 fully saturated rings. The lowest BCUT2D eigenvalue weighted by atomic mass is 10.2. The molecule has 0 aliphatic rings. The highest BCUT2D eigenvalue weighted by Crippen LogP contribution is 2.34. The molecule has 100 valence electrons. The maximum atomic E-state index is 12.6. The number of hydrogen-bond donors (Lipinski definition) is 1. The van der Waals surface area contributed by atoms with E-state index in [0.29, 0.717) is 16.0 Å². The minimum absolute atomic E-state index is 0.327. The minimum atomic E-state index is -4.36. The first-order valence-electron chi connectivity index (χ1n) is 5.43. The number of nitrogens with one attached hydrogen (secondary N) is 1. The molecular formula is C13H10BrF3N2. The molecule has 6 heteroatoms. The fourth-order valence-corrected chi connectivity index (χ4v) is 1.89. The van der Waals surface area contributed by atoms with Gasteiger partial charge in [-0.1, -0.05) is 0 Å². The van der Waals surface area contributed by atoms with E-state index < -0.39 is 11.7 Å². The zero-order valence-corrected chi connectivity index (χ0v) is 11.5. The van der Waals surface area contributed by atoms with Crippen LogP contribution in [0.25, 0.3) is 0 Å². The van der Waals surface area contributed by atoms with Gasteiger partial charge in [0.1, 0.15) is 5.82 Å². The van der Waals surface area contributed by atoms with Gasteiger partial charge in [-0.3, -0.25) is 0 Å². The van der Waals surface area contributed by atoms with Gasteiger partial charge in [0.15, 0.2) is 0 Å². The molecule has 0 unspecified atom stereocenters. The van der Waals surface area contributed by atoms with Crippen LogP contribution in [-0.4, -0.2) is 4.98 Å². The van der Waals surface area contributed by atoms with Crippen molar-refractivity contribution in [1.82, 2.24) is 4.98 Å². The highest BCUT2D eigenvalue weighted by Gasteiger charge is 2.30. The summed E-state index contributed by atoms with van der Waals surface area (Å²) >= 11 is 3.22. The van der Waals surface area contributed by atoms with Gasteiger partial charge in [-0.25, -0.2) is 4.98 Å². The fraction of sp³-hybridized carbons (Fsp3) is 0.154. The van der Waals surface area contributed by atoms with Crippen LogP contribution < -0.4 is 5.32 Å². The van der Waals surface area contributed by atoms with Gasteiger partial charge < -0.3 is 5.32 Å². The Morgan fingerprint density at radius 1 is 1.16 bits per heavy atom. The molecule has 0 saturated heterocycles. The number of benzene rings is 1. The summed E-state index contributed by atoms with van der Waals surface area (Å²) in [7, 11) is 0. The average Bonchev–Trinajstić information content (AvgIpc) is 2.30. The Hall–Kier alpha value is -1.56. The number of nitrogens with zero attached hydrogens (tertiary/aromatic N) is 1. The SMILES string of the molecule is Cc1ccnc(Nc2cc(C(F)(F)F)ccc2Br)c1. The Morgan fingerprint density at radius 3 is 2.53 bits per heavy atom. The largest absolute Gasteiger partial charge is 0.416 e. The smallest absolute Gasteiger partial charge is 0.339 e. The number of anilines is 2. The molecule has 1 aromatic carbocycles. The summed E-state index contributed by atoms with van der Waals surface area (Å²) in [6, 6.07) is 7.01. The van der Waals surface area contributed by atoms with Crippen LogP contribution in [0.3, 0.4) is 0 Å². The zero-order valence-electron chi connectivity index (χ0n) is 9.92. The third-order valence-corrected chi connectivity index (χ3v) is 3.16. The van der Waals surface area contributed by atoms with Crippen LogP contribution in [0.4, 0.5) is 24.7 Å². The van der Waals surface area contributed by atoms with Crippen molar-refractivity contribution in [3.63, 3.8) is 0 Å². The van der Waals surface area contributed by atoms with Crippen LogP contribution >= 0.6 is 15.9 Å². The standard InChI is InChI=1S/C13H10BrF3N2/c1-8-4-5-18-12(6-8)19-11-7-9(13(15,16)17)2-3-10(11)14/h2-7H,1H3,(H,18,19). The van der Waals surface area contributed by atoms with Gasteiger partial charge in [-0.15, -0.1) is 0 Å². The first kappa shape index (κ1) is 13.9. The van der Waals surface area contributed by atoms with Crippen molar-refractivity contribution in [1.29, 1.82) is 0 Å². The second-order valence-corrected chi connectivity index (χ2v) is 4.89. The van der Waals surface area contributed by atoms with E-state index >= 15 is 0 Å². The molecule has 1 aromatic heterocycles. The maximum Gasteiger partial charge on any atom is 0.416 e. The van der Waals surface area contributed by atoms with E-state index in [1.165, 1.54) is 6.07 Å². The maximum absolute atomic E-state index is 12.6. The molecule has 0 atom stereocenters. The summed E-state index contributed by atoms with van der Waals surface area (Å²) in [5, 5.41) is 2.87. The second-order valence-electron chi connectivity index (χ2n) is 4.04. The highest BCUT2D eigenvalue weighted by molar-refractivity contribution is 9.10. The number of pyridine rings is 1. The molecule has 0 saturated carbocycles. The molecule has 1 N–H and O–H groups in total. The van der Waals surface area contributed by atoms with Crippen LogP contribution in [-0.2, 0) is 6.18 Å². The second kappa shape index (κ2) is 5.21. The zero-order chi connectivity index (χ0) is 14.0. The molecule has 0 aliphatic carbocycles. The van der Waals surface area contributed by atoms with Gasteiger partial charge in [0.25, 0.3) is 0 Å². The van der Waals surface area contributed by atoms with Crippen molar-refractivity contribution < 1.29 is 13.2 Å². The molecule has 0 amide bonds. The molecule has 2 aromatic rings. The van der Waals surface area contributed by atoms with Crippen molar-refractivity contribution in [2.24, 2.45) is 0 Å². The van der Waals surface area contributed by atoms with E-state index in [2.05, 4.69) is 26.2 Å². The van der Waals surface area contributed by atoms with Gasteiger partial charge >= 0.3 is 6.18 Å². The fourth-order valence-electron chi connectivity index (χ4n) is 1.54. The lowest BCUT2D eigenvalue weighted by Crippen LogP contribution is -2.05. The molecule has 0 radical (unpaired) electrons. The van der Waals surface area contributed by atoms with Gasteiger partial charge in [0, 0.05) is 10.7 Å². The Kier molecular flexibility index (Phi) is 3.80. The Morgan fingerprint density at radius 2 is 1.89 bits per heavy atom. The number of aromatic nitrogens is 1. The molecule has 0 aliphatic heterocycles. The third-order valence-electron chi connectivity index (χ3n) is 2.47. The Labute approximate surface area is 116 Å². The lowest BCUT2D eigenvalue weighted by Gasteiger charge is -2.12. The summed E-state index contributed by atoms with van der Waals surface area (Å²) in [5.41, 5.74) is 0.597. The first-order chi connectivity index (χ1) is 8.86. The lowest BCUT2D eigenvalue weighted by molar-refractivity contribution is -0.137. The summed E-state index contributed by atoms with van der Waals surface area (Å²) in [6.45, 7) is 1.88. The van der Waals surface area contributed by atoms with Crippen molar-refractivity contribution in [3.8, 4) is 0 Å². The van der Waals surface area contributed by atoms with Gasteiger partial charge in [-0.05, 0) is 58.7 Å². The average molecular weight is 331 g/mol. The van der Waals surface area contributed by atoms with Gasteiger partial charge in [-0.2, -0.15) is 13.2 Å². The number of hydrogen-bond acceptors (Lipinski definition) is 2.